The molecule has 0 radical (unpaired) electrons. The van der Waals surface area contributed by atoms with Gasteiger partial charge >= 0.3 is 0 Å². The molecule has 0 saturated carbocycles. The van der Waals surface area contributed by atoms with Gasteiger partial charge in [-0.2, -0.15) is 0 Å². The lowest BCUT2D eigenvalue weighted by Crippen LogP contribution is -2.42. The van der Waals surface area contributed by atoms with Crippen molar-refractivity contribution >= 4 is 68.6 Å². The third kappa shape index (κ3) is 30.9. The van der Waals surface area contributed by atoms with E-state index in [0.717, 1.165) is 44.9 Å². The summed E-state index contributed by atoms with van der Waals surface area (Å²) in [5.41, 5.74) is 5.98. The van der Waals surface area contributed by atoms with Crippen LogP contribution in [0, 0.1) is 0 Å². The van der Waals surface area contributed by atoms with E-state index < -0.39 is 24.5 Å². The number of unbranched alkanes of at least 4 members (excludes halogenated alkanes) is 5. The first-order valence-electron chi connectivity index (χ1n) is 14.4. The Morgan fingerprint density at radius 1 is 1.02 bits per heavy atom. The number of nitrogens with one attached hydrogen (secondary N) is 2. The van der Waals surface area contributed by atoms with E-state index in [1.165, 1.54) is 56.8 Å². The normalized spacial score (nSPS) is 18.1. The molecule has 47 heavy (non-hydrogen) atoms. The first-order chi connectivity index (χ1) is 22.8. The molecule has 2 aliphatic heterocycles. The van der Waals surface area contributed by atoms with Gasteiger partial charge in [-0.15, -0.1) is 0 Å². The zero-order valence-electron chi connectivity index (χ0n) is 27.2. The van der Waals surface area contributed by atoms with Crippen LogP contribution in [0.15, 0.2) is 24.2 Å². The van der Waals surface area contributed by atoms with Crippen LogP contribution in [0.5, 0.6) is 0 Å². The van der Waals surface area contributed by atoms with Gasteiger partial charge in [0.1, 0.15) is 18.2 Å². The van der Waals surface area contributed by atoms with E-state index in [4.69, 9.17) is 44.6 Å². The van der Waals surface area contributed by atoms with Gasteiger partial charge < -0.3 is 70.3 Å². The van der Waals surface area contributed by atoms with Gasteiger partial charge in [0.2, 0.25) is 5.91 Å². The summed E-state index contributed by atoms with van der Waals surface area (Å²) in [6.07, 6.45) is 7.68. The maximum Gasteiger partial charge on any atom is 0.253 e. The molecular weight excluding hydrogens is 734 g/mol. The molecule has 2 aliphatic rings. The molecule has 22 heteroatoms. The Morgan fingerprint density at radius 2 is 1.57 bits per heavy atom. The highest BCUT2D eigenvalue weighted by Crippen LogP contribution is 2.27. The van der Waals surface area contributed by atoms with E-state index in [1.807, 2.05) is 0 Å². The minimum absolute atomic E-state index is 0.108. The van der Waals surface area contributed by atoms with Gasteiger partial charge in [0.15, 0.2) is 0 Å². The largest absolute Gasteiger partial charge is 0.391 e. The Labute approximate surface area is 294 Å². The molecule has 2 rings (SSSR count). The molecule has 10 atom stereocenters. The van der Waals surface area contributed by atoms with Crippen molar-refractivity contribution in [2.24, 2.45) is 5.73 Å². The van der Waals surface area contributed by atoms with Gasteiger partial charge in [-0.3, -0.25) is 9.59 Å². The summed E-state index contributed by atoms with van der Waals surface area (Å²) in [5, 5.41) is 26.1. The Morgan fingerprint density at radius 3 is 2.15 bits per heavy atom. The van der Waals surface area contributed by atoms with Gasteiger partial charge in [-0.1, -0.05) is 32.3 Å². The van der Waals surface area contributed by atoms with Gasteiger partial charge in [-0.25, -0.2) is 0 Å². The second-order valence-corrected chi connectivity index (χ2v) is 9.40. The number of nitrogens with zero attached hydrogens (tertiary/aromatic N) is 1. The maximum atomic E-state index is 11.7. The number of aliphatic hydroxyl groups is 2. The minimum Gasteiger partial charge on any atom is -0.391 e. The average molecular weight is 797 g/mol. The number of ether oxygens (including phenoxy) is 2. The molecule has 0 aromatic carbocycles. The lowest BCUT2D eigenvalue weighted by Gasteiger charge is -2.32. The molecule has 1 saturated heterocycles. The van der Waals surface area contributed by atoms with Crippen molar-refractivity contribution in [1.82, 2.24) is 15.5 Å². The van der Waals surface area contributed by atoms with Gasteiger partial charge in [-0.05, 0) is 96.0 Å². The molecule has 1 fully saturated rings. The average Bonchev–Trinajstić information content (AvgIpc) is 3.49. The number of nitrogens with two attached hydrogens (primary N) is 1. The van der Waals surface area contributed by atoms with Crippen molar-refractivity contribution in [2.75, 3.05) is 26.3 Å². The van der Waals surface area contributed by atoms with Gasteiger partial charge in [0, 0.05) is 31.2 Å². The maximum absolute atomic E-state index is 11.7. The third-order valence-electron chi connectivity index (χ3n) is 6.26. The van der Waals surface area contributed by atoms with Crippen molar-refractivity contribution in [3.05, 3.63) is 24.2 Å². The Balaban J connectivity index is -0.000000439. The van der Waals surface area contributed by atoms with E-state index in [-0.39, 0.29) is 25.0 Å². The summed E-state index contributed by atoms with van der Waals surface area (Å²) in [6.45, 7) is 7.27. The molecule has 0 aromatic rings. The van der Waals surface area contributed by atoms with E-state index in [0.29, 0.717) is 43.7 Å². The SMILES string of the molecule is C=C1NC(=O)C(C)=CN1C1CC(O)C(COCC(O)CCCCCCNC(=O)CCCCCN)O1.OP.OP.OP.OP.OP.OP. The van der Waals surface area contributed by atoms with Crippen LogP contribution >= 0.6 is 56.8 Å². The standard InChI is InChI=1S/C25H44N4O6.6H3OP/c1-18-15-29(19(2)28-25(18)33)24-14-21(31)22(35-24)17-34-16-20(30)10-6-3-4-9-13-27-23(32)11-7-5-8-12-26;6*1-2/h15,20-22,24,30-31H,2-14,16-17,26H2,1H3,(H,27,32)(H,28,33);6*1H,2H2. The number of amides is 2. The molecule has 10 unspecified atom stereocenters. The van der Waals surface area contributed by atoms with Crippen LogP contribution in [-0.4, -0.2) is 107 Å². The van der Waals surface area contributed by atoms with E-state index >= 15 is 0 Å². The molecule has 12 N–H and O–H groups in total. The van der Waals surface area contributed by atoms with Crippen LogP contribution in [0.1, 0.15) is 71.1 Å². The summed E-state index contributed by atoms with van der Waals surface area (Å²) in [4.78, 5) is 66.6. The smallest absolute Gasteiger partial charge is 0.253 e. The molecule has 0 bridgehead atoms. The summed E-state index contributed by atoms with van der Waals surface area (Å²) >= 11 is 0. The van der Waals surface area contributed by atoms with Crippen LogP contribution in [-0.2, 0) is 19.1 Å². The fraction of sp³-hybridized carbons (Fsp3) is 0.760. The molecular formula is C25H62N4O12P6. The number of carbonyl (C=O) groups excluding carboxylic acids is 2. The predicted molar refractivity (Wildman–Crippen MR) is 204 cm³/mol. The second-order valence-electron chi connectivity index (χ2n) is 9.40. The monoisotopic (exact) mass is 796 g/mol. The fourth-order valence-corrected chi connectivity index (χ4v) is 4.12. The van der Waals surface area contributed by atoms with Crippen molar-refractivity contribution < 1.29 is 58.6 Å². The highest BCUT2D eigenvalue weighted by Gasteiger charge is 2.38. The molecule has 0 aromatic heterocycles. The van der Waals surface area contributed by atoms with Gasteiger partial charge in [0.05, 0.1) is 25.4 Å². The molecule has 0 spiro atoms. The predicted octanol–water partition coefficient (Wildman–Crippen LogP) is -0.155. The zero-order valence-corrected chi connectivity index (χ0v) is 34.1. The van der Waals surface area contributed by atoms with Crippen molar-refractivity contribution in [3.63, 3.8) is 0 Å². The minimum atomic E-state index is -0.706. The van der Waals surface area contributed by atoms with Crippen molar-refractivity contribution in [2.45, 2.75) is 95.7 Å². The first kappa shape index (κ1) is 56.7. The summed E-state index contributed by atoms with van der Waals surface area (Å²) in [5.74, 6) is 0.321. The molecule has 0 aliphatic carbocycles. The summed E-state index contributed by atoms with van der Waals surface area (Å²) in [7, 11) is 8.50. The Bertz CT molecular complexity index is 755. The highest BCUT2D eigenvalue weighted by molar-refractivity contribution is 7.09. The molecule has 284 valence electrons. The van der Waals surface area contributed by atoms with Crippen LogP contribution in [0.4, 0.5) is 0 Å². The van der Waals surface area contributed by atoms with Crippen LogP contribution < -0.4 is 16.4 Å². The van der Waals surface area contributed by atoms with Crippen molar-refractivity contribution in [1.29, 1.82) is 0 Å². The number of hydrogen-bond donors (Lipinski definition) is 11. The van der Waals surface area contributed by atoms with Crippen LogP contribution in [0.2, 0.25) is 0 Å². The van der Waals surface area contributed by atoms with Crippen LogP contribution in [0.25, 0.3) is 0 Å². The molecule has 16 nitrogen and oxygen atoms in total. The van der Waals surface area contributed by atoms with E-state index in [1.54, 1.807) is 18.0 Å². The Hall–Kier alpha value is 0.360. The summed E-state index contributed by atoms with van der Waals surface area (Å²) < 4.78 is 11.5. The van der Waals surface area contributed by atoms with Crippen molar-refractivity contribution in [3.8, 4) is 0 Å². The zero-order chi connectivity index (χ0) is 37.6. The van der Waals surface area contributed by atoms with E-state index in [9.17, 15) is 19.8 Å². The lowest BCUT2D eigenvalue weighted by atomic mass is 10.1. The molecule has 2 amide bonds. The van der Waals surface area contributed by atoms with Crippen LogP contribution in [0.3, 0.4) is 0 Å². The Kier molecular flexibility index (Phi) is 53.6. The van der Waals surface area contributed by atoms with Gasteiger partial charge in [0.25, 0.3) is 5.91 Å². The molecule has 2 heterocycles. The highest BCUT2D eigenvalue weighted by atomic mass is 31.0. The number of aliphatic hydroxyl groups excluding tert-OH is 2. The quantitative estimate of drug-likeness (QED) is 0.0676. The summed E-state index contributed by atoms with van der Waals surface area (Å²) in [6, 6.07) is 0. The number of hydrogen-bond acceptors (Lipinski definition) is 14. The van der Waals surface area contributed by atoms with E-state index in [2.05, 4.69) is 17.2 Å². The third-order valence-corrected chi connectivity index (χ3v) is 6.26. The lowest BCUT2D eigenvalue weighted by molar-refractivity contribution is -0.121. The fourth-order valence-electron chi connectivity index (χ4n) is 4.12. The number of rotatable bonds is 17. The topological polar surface area (TPSA) is 268 Å². The second kappa shape index (κ2) is 44.4. The first-order valence-corrected chi connectivity index (χ1v) is 17.5. The number of carbonyl (C=O) groups is 2.